The van der Waals surface area contributed by atoms with Gasteiger partial charge in [0.15, 0.2) is 0 Å². The molecule has 0 bridgehead atoms. The number of imide groups is 1. The lowest BCUT2D eigenvalue weighted by molar-refractivity contribution is -0.123. The topological polar surface area (TPSA) is 71.1 Å². The predicted octanol–water partition coefficient (Wildman–Crippen LogP) is 4.05. The molecule has 0 atom stereocenters. The third-order valence-corrected chi connectivity index (χ3v) is 5.75. The maximum Gasteiger partial charge on any atom is 0.329 e. The molecule has 7 nitrogen and oxygen atoms in total. The van der Waals surface area contributed by atoms with Crippen LogP contribution in [0.5, 0.6) is 11.5 Å². The van der Waals surface area contributed by atoms with Crippen molar-refractivity contribution in [2.45, 2.75) is 19.4 Å². The fourth-order valence-corrected chi connectivity index (χ4v) is 3.99. The van der Waals surface area contributed by atoms with Crippen molar-refractivity contribution < 1.29 is 19.1 Å². The van der Waals surface area contributed by atoms with Crippen LogP contribution in [0, 0.1) is 0 Å². The number of rotatable bonds is 6. The SMILES string of the molecule is COc1cc(N2CCCC2)c(OC)cc1/C=C1\NC(=O)N(Cc2ccc(Cl)cc2)C1=O. The minimum atomic E-state index is -0.467. The Kier molecular flexibility index (Phi) is 6.04. The van der Waals surface area contributed by atoms with Crippen LogP contribution in [-0.4, -0.2) is 44.1 Å². The number of halogens is 1. The number of carbonyl (C=O) groups is 2. The summed E-state index contributed by atoms with van der Waals surface area (Å²) in [5.74, 6) is 0.905. The Morgan fingerprint density at radius 2 is 1.71 bits per heavy atom. The highest BCUT2D eigenvalue weighted by Crippen LogP contribution is 2.38. The molecule has 0 radical (unpaired) electrons. The predicted molar refractivity (Wildman–Crippen MR) is 120 cm³/mol. The van der Waals surface area contributed by atoms with E-state index in [-0.39, 0.29) is 12.2 Å². The minimum absolute atomic E-state index is 0.160. The molecular weight excluding hydrogens is 418 g/mol. The van der Waals surface area contributed by atoms with Gasteiger partial charge in [0, 0.05) is 29.7 Å². The van der Waals surface area contributed by atoms with E-state index in [9.17, 15) is 9.59 Å². The summed E-state index contributed by atoms with van der Waals surface area (Å²) in [5, 5.41) is 3.26. The summed E-state index contributed by atoms with van der Waals surface area (Å²) in [6.07, 6.45) is 3.90. The van der Waals surface area contributed by atoms with Crippen molar-refractivity contribution >= 4 is 35.3 Å². The number of ether oxygens (including phenoxy) is 2. The minimum Gasteiger partial charge on any atom is -0.496 e. The van der Waals surface area contributed by atoms with Crippen molar-refractivity contribution in [3.63, 3.8) is 0 Å². The maximum absolute atomic E-state index is 12.9. The van der Waals surface area contributed by atoms with E-state index in [1.807, 2.05) is 12.1 Å². The maximum atomic E-state index is 12.9. The van der Waals surface area contributed by atoms with Gasteiger partial charge in [0.05, 0.1) is 26.5 Å². The molecule has 2 aromatic rings. The Morgan fingerprint density at radius 1 is 1.03 bits per heavy atom. The van der Waals surface area contributed by atoms with E-state index >= 15 is 0 Å². The normalized spacial score (nSPS) is 17.5. The molecule has 0 aromatic heterocycles. The second-order valence-electron chi connectivity index (χ2n) is 7.47. The Hall–Kier alpha value is -3.19. The first-order valence-electron chi connectivity index (χ1n) is 10.1. The fraction of sp³-hybridized carbons (Fsp3) is 0.304. The molecule has 4 rings (SSSR count). The van der Waals surface area contributed by atoms with Crippen LogP contribution in [0.4, 0.5) is 10.5 Å². The highest BCUT2D eigenvalue weighted by Gasteiger charge is 2.34. The van der Waals surface area contributed by atoms with Crippen molar-refractivity contribution in [1.82, 2.24) is 10.2 Å². The lowest BCUT2D eigenvalue weighted by Gasteiger charge is -2.22. The molecule has 162 valence electrons. The van der Waals surface area contributed by atoms with Crippen LogP contribution in [0.25, 0.3) is 6.08 Å². The van der Waals surface area contributed by atoms with Gasteiger partial charge in [-0.2, -0.15) is 0 Å². The fourth-order valence-electron chi connectivity index (χ4n) is 3.87. The Bertz CT molecular complexity index is 1030. The summed E-state index contributed by atoms with van der Waals surface area (Å²) >= 11 is 5.91. The van der Waals surface area contributed by atoms with E-state index in [0.29, 0.717) is 22.1 Å². The van der Waals surface area contributed by atoms with Gasteiger partial charge in [-0.1, -0.05) is 23.7 Å². The molecule has 2 fully saturated rings. The van der Waals surface area contributed by atoms with E-state index in [4.69, 9.17) is 21.1 Å². The Labute approximate surface area is 186 Å². The first-order chi connectivity index (χ1) is 15.0. The number of carbonyl (C=O) groups excluding carboxylic acids is 2. The van der Waals surface area contributed by atoms with Crippen molar-refractivity contribution in [1.29, 1.82) is 0 Å². The number of nitrogens with zero attached hydrogens (tertiary/aromatic N) is 2. The number of benzene rings is 2. The van der Waals surface area contributed by atoms with Gasteiger partial charge in [-0.3, -0.25) is 9.69 Å². The number of urea groups is 1. The molecule has 0 unspecified atom stereocenters. The molecule has 0 saturated carbocycles. The van der Waals surface area contributed by atoms with Gasteiger partial charge in [0.1, 0.15) is 17.2 Å². The zero-order chi connectivity index (χ0) is 22.0. The van der Waals surface area contributed by atoms with Crippen LogP contribution >= 0.6 is 11.6 Å². The smallest absolute Gasteiger partial charge is 0.329 e. The monoisotopic (exact) mass is 441 g/mol. The lowest BCUT2D eigenvalue weighted by Crippen LogP contribution is -2.30. The average Bonchev–Trinajstić information content (AvgIpc) is 3.39. The summed E-state index contributed by atoms with van der Waals surface area (Å²) in [6.45, 7) is 2.09. The van der Waals surface area contributed by atoms with Gasteiger partial charge in [0.25, 0.3) is 5.91 Å². The highest BCUT2D eigenvalue weighted by molar-refractivity contribution is 6.30. The molecule has 2 heterocycles. The number of nitrogens with one attached hydrogen (secondary N) is 1. The summed E-state index contributed by atoms with van der Waals surface area (Å²) in [4.78, 5) is 28.7. The third-order valence-electron chi connectivity index (χ3n) is 5.49. The number of anilines is 1. The standard InChI is InChI=1S/C23H24ClN3O4/c1-30-20-13-19(26-9-3-4-10-26)21(31-2)12-16(20)11-18-22(28)27(23(29)25-18)14-15-5-7-17(24)8-6-15/h5-8,11-13H,3-4,9-10,14H2,1-2H3,(H,25,29)/b18-11-. The van der Waals surface area contributed by atoms with Crippen LogP contribution < -0.4 is 19.7 Å². The molecule has 2 aromatic carbocycles. The number of hydrogen-bond donors (Lipinski definition) is 1. The molecule has 8 heteroatoms. The van der Waals surface area contributed by atoms with Gasteiger partial charge in [-0.25, -0.2) is 4.79 Å². The average molecular weight is 442 g/mol. The van der Waals surface area contributed by atoms with E-state index in [1.165, 1.54) is 0 Å². The van der Waals surface area contributed by atoms with E-state index in [2.05, 4.69) is 10.2 Å². The second-order valence-corrected chi connectivity index (χ2v) is 7.90. The molecule has 2 saturated heterocycles. The highest BCUT2D eigenvalue weighted by atomic mass is 35.5. The molecule has 0 aliphatic carbocycles. The molecule has 0 spiro atoms. The van der Waals surface area contributed by atoms with Gasteiger partial charge < -0.3 is 19.7 Å². The van der Waals surface area contributed by atoms with Gasteiger partial charge in [-0.15, -0.1) is 0 Å². The second kappa shape index (κ2) is 8.89. The van der Waals surface area contributed by atoms with E-state index < -0.39 is 11.9 Å². The summed E-state index contributed by atoms with van der Waals surface area (Å²) in [5.41, 5.74) is 2.61. The molecular formula is C23H24ClN3O4. The van der Waals surface area contributed by atoms with Crippen molar-refractivity contribution in [2.24, 2.45) is 0 Å². The van der Waals surface area contributed by atoms with Crippen LogP contribution in [0.1, 0.15) is 24.0 Å². The Balaban J connectivity index is 1.62. The Morgan fingerprint density at radius 3 is 2.35 bits per heavy atom. The third kappa shape index (κ3) is 4.32. The van der Waals surface area contributed by atoms with Crippen LogP contribution in [0.3, 0.4) is 0 Å². The molecule has 3 amide bonds. The number of amides is 3. The number of methoxy groups -OCH3 is 2. The van der Waals surface area contributed by atoms with E-state index in [1.54, 1.807) is 44.6 Å². The van der Waals surface area contributed by atoms with Gasteiger partial charge in [-0.05, 0) is 42.7 Å². The lowest BCUT2D eigenvalue weighted by atomic mass is 10.1. The largest absolute Gasteiger partial charge is 0.496 e. The van der Waals surface area contributed by atoms with Gasteiger partial charge in [0.2, 0.25) is 0 Å². The van der Waals surface area contributed by atoms with Crippen molar-refractivity contribution in [2.75, 3.05) is 32.2 Å². The molecule has 2 aliphatic heterocycles. The van der Waals surface area contributed by atoms with E-state index in [0.717, 1.165) is 42.1 Å². The summed E-state index contributed by atoms with van der Waals surface area (Å²) in [7, 11) is 3.20. The summed E-state index contributed by atoms with van der Waals surface area (Å²) in [6, 6.07) is 10.3. The first-order valence-corrected chi connectivity index (χ1v) is 10.5. The van der Waals surface area contributed by atoms with Gasteiger partial charge >= 0.3 is 6.03 Å². The molecule has 31 heavy (non-hydrogen) atoms. The number of hydrogen-bond acceptors (Lipinski definition) is 5. The molecule has 1 N–H and O–H groups in total. The quantitative estimate of drug-likeness (QED) is 0.541. The van der Waals surface area contributed by atoms with Crippen molar-refractivity contribution in [3.05, 3.63) is 58.2 Å². The zero-order valence-corrected chi connectivity index (χ0v) is 18.2. The first kappa shape index (κ1) is 21.1. The molecule has 2 aliphatic rings. The van der Waals surface area contributed by atoms with Crippen LogP contribution in [-0.2, 0) is 11.3 Å². The zero-order valence-electron chi connectivity index (χ0n) is 17.5. The van der Waals surface area contributed by atoms with Crippen LogP contribution in [0.2, 0.25) is 5.02 Å². The van der Waals surface area contributed by atoms with Crippen LogP contribution in [0.15, 0.2) is 42.1 Å². The summed E-state index contributed by atoms with van der Waals surface area (Å²) < 4.78 is 11.2. The van der Waals surface area contributed by atoms with Crippen molar-refractivity contribution in [3.8, 4) is 11.5 Å².